The Morgan fingerprint density at radius 2 is 1.70 bits per heavy atom. The van der Waals surface area contributed by atoms with Gasteiger partial charge in [0.2, 0.25) is 21.6 Å². The summed E-state index contributed by atoms with van der Waals surface area (Å²) in [5, 5.41) is 3.22. The number of likely N-dealkylation sites (tertiary alicyclic amines) is 1. The predicted octanol–water partition coefficient (Wildman–Crippen LogP) is 3.10. The van der Waals surface area contributed by atoms with Crippen molar-refractivity contribution in [2.24, 2.45) is 0 Å². The van der Waals surface area contributed by atoms with Gasteiger partial charge in [-0.2, -0.15) is 4.39 Å². The molecule has 5 rings (SSSR count). The summed E-state index contributed by atoms with van der Waals surface area (Å²) in [6, 6.07) is 14.2. The number of piperidine rings is 2. The van der Waals surface area contributed by atoms with E-state index < -0.39 is 21.7 Å². The van der Waals surface area contributed by atoms with E-state index in [0.717, 1.165) is 19.3 Å². The Labute approximate surface area is 215 Å². The molecule has 194 valence electrons. The lowest BCUT2D eigenvalue weighted by Gasteiger charge is -2.43. The third-order valence-electron chi connectivity index (χ3n) is 6.97. The zero-order valence-corrected chi connectivity index (χ0v) is 21.1. The third-order valence-corrected chi connectivity index (χ3v) is 8.80. The van der Waals surface area contributed by atoms with E-state index in [1.807, 2.05) is 9.80 Å². The molecule has 0 aliphatic carbocycles. The van der Waals surface area contributed by atoms with Gasteiger partial charge in [0.05, 0.1) is 15.5 Å². The fourth-order valence-electron chi connectivity index (χ4n) is 5.13. The first-order chi connectivity index (χ1) is 17.9. The molecule has 2 aromatic carbocycles. The number of hydrogen-bond acceptors (Lipinski definition) is 8. The maximum Gasteiger partial charge on any atom is 0.245 e. The lowest BCUT2D eigenvalue weighted by molar-refractivity contribution is -0.137. The maximum atomic E-state index is 14.6. The number of aromatic nitrogens is 2. The molecular formula is C26H29FN6O3S. The minimum atomic E-state index is -3.77. The van der Waals surface area contributed by atoms with Crippen molar-refractivity contribution < 1.29 is 17.6 Å². The van der Waals surface area contributed by atoms with Crippen molar-refractivity contribution in [2.75, 3.05) is 35.6 Å². The number of amides is 1. The van der Waals surface area contributed by atoms with Crippen LogP contribution in [0, 0.1) is 5.82 Å². The van der Waals surface area contributed by atoms with Crippen LogP contribution in [-0.2, 0) is 14.6 Å². The summed E-state index contributed by atoms with van der Waals surface area (Å²) in [6.45, 7) is 1.64. The highest BCUT2D eigenvalue weighted by molar-refractivity contribution is 7.91. The fourth-order valence-corrected chi connectivity index (χ4v) is 6.57. The number of rotatable bonds is 6. The molecule has 3 heterocycles. The summed E-state index contributed by atoms with van der Waals surface area (Å²) < 4.78 is 41.2. The molecule has 0 spiro atoms. The lowest BCUT2D eigenvalue weighted by Crippen LogP contribution is -2.56. The van der Waals surface area contributed by atoms with Crippen LogP contribution in [0.15, 0.2) is 70.7 Å². The van der Waals surface area contributed by atoms with E-state index in [9.17, 15) is 17.6 Å². The zero-order chi connectivity index (χ0) is 26.0. The number of halogens is 1. The van der Waals surface area contributed by atoms with Crippen LogP contribution in [0.3, 0.4) is 0 Å². The van der Waals surface area contributed by atoms with E-state index in [4.69, 9.17) is 5.73 Å². The Morgan fingerprint density at radius 3 is 2.51 bits per heavy atom. The molecule has 11 heteroatoms. The molecule has 3 aromatic rings. The highest BCUT2D eigenvalue weighted by Crippen LogP contribution is 2.31. The van der Waals surface area contributed by atoms with E-state index in [2.05, 4.69) is 15.3 Å². The van der Waals surface area contributed by atoms with Crippen LogP contribution in [0.4, 0.5) is 21.7 Å². The van der Waals surface area contributed by atoms with Crippen LogP contribution in [-0.4, -0.2) is 60.9 Å². The normalized spacial score (nSPS) is 20.6. The molecule has 37 heavy (non-hydrogen) atoms. The summed E-state index contributed by atoms with van der Waals surface area (Å²) in [7, 11) is -3.77. The van der Waals surface area contributed by atoms with Crippen molar-refractivity contribution in [3.05, 3.63) is 66.7 Å². The maximum absolute atomic E-state index is 14.6. The number of anilines is 3. The standard InChI is InChI=1S/C26H29FN6O3S/c27-23-24(28)29-17-30-25(23)32-14-6-8-18(16-32)33-15-7-12-21(26(33)34)31-20-11-4-5-13-22(20)37(35,36)19-9-2-1-3-10-19/h1-5,9-11,13,17-18,21,31H,6-8,12,14-16H2,(H2,28,29,30)/t18-,21-/m1/s1. The van der Waals surface area contributed by atoms with Crippen molar-refractivity contribution in [1.29, 1.82) is 0 Å². The smallest absolute Gasteiger partial charge is 0.245 e. The topological polar surface area (TPSA) is 122 Å². The van der Waals surface area contributed by atoms with Crippen LogP contribution < -0.4 is 16.0 Å². The highest BCUT2D eigenvalue weighted by atomic mass is 32.2. The van der Waals surface area contributed by atoms with E-state index in [-0.39, 0.29) is 33.4 Å². The number of nitrogen functional groups attached to an aromatic ring is 1. The molecule has 2 atom stereocenters. The monoisotopic (exact) mass is 524 g/mol. The summed E-state index contributed by atoms with van der Waals surface area (Å²) >= 11 is 0. The van der Waals surface area contributed by atoms with E-state index in [1.54, 1.807) is 54.6 Å². The largest absolute Gasteiger partial charge is 0.381 e. The SMILES string of the molecule is Nc1ncnc(N2CCC[C@@H](N3CCC[C@@H](Nc4ccccc4S(=O)(=O)c4ccccc4)C3=O)C2)c1F. The summed E-state index contributed by atoms with van der Waals surface area (Å²) in [5.74, 6) is -0.789. The summed E-state index contributed by atoms with van der Waals surface area (Å²) in [4.78, 5) is 25.4. The Bertz CT molecular complexity index is 1390. The number of para-hydroxylation sites is 1. The number of nitrogens with one attached hydrogen (secondary N) is 1. The number of nitrogens with zero attached hydrogens (tertiary/aromatic N) is 4. The van der Waals surface area contributed by atoms with Gasteiger partial charge in [-0.05, 0) is 49.9 Å². The van der Waals surface area contributed by atoms with Gasteiger partial charge in [0.25, 0.3) is 0 Å². The van der Waals surface area contributed by atoms with Crippen molar-refractivity contribution >= 4 is 33.1 Å². The van der Waals surface area contributed by atoms with Gasteiger partial charge in [0.15, 0.2) is 11.6 Å². The Balaban J connectivity index is 1.35. The molecule has 2 aliphatic heterocycles. The molecule has 1 amide bonds. The van der Waals surface area contributed by atoms with Crippen molar-refractivity contribution in [1.82, 2.24) is 14.9 Å². The van der Waals surface area contributed by atoms with E-state index >= 15 is 0 Å². The van der Waals surface area contributed by atoms with E-state index in [1.165, 1.54) is 6.33 Å². The number of hydrogen-bond donors (Lipinski definition) is 2. The van der Waals surface area contributed by atoms with E-state index in [0.29, 0.717) is 31.7 Å². The average Bonchev–Trinajstić information content (AvgIpc) is 2.92. The Morgan fingerprint density at radius 1 is 0.973 bits per heavy atom. The average molecular weight is 525 g/mol. The molecule has 3 N–H and O–H groups in total. The predicted molar refractivity (Wildman–Crippen MR) is 138 cm³/mol. The third kappa shape index (κ3) is 4.95. The molecule has 0 bridgehead atoms. The first kappa shape index (κ1) is 24.9. The van der Waals surface area contributed by atoms with Gasteiger partial charge in [-0.15, -0.1) is 0 Å². The minimum Gasteiger partial charge on any atom is -0.381 e. The second-order valence-electron chi connectivity index (χ2n) is 9.32. The van der Waals surface area contributed by atoms with Crippen LogP contribution >= 0.6 is 0 Å². The number of sulfone groups is 1. The second-order valence-corrected chi connectivity index (χ2v) is 11.2. The van der Waals surface area contributed by atoms with Crippen LogP contribution in [0.25, 0.3) is 0 Å². The number of carbonyl (C=O) groups excluding carboxylic acids is 1. The van der Waals surface area contributed by atoms with Gasteiger partial charge in [0.1, 0.15) is 12.4 Å². The fraction of sp³-hybridized carbons (Fsp3) is 0.346. The van der Waals surface area contributed by atoms with Gasteiger partial charge in [-0.3, -0.25) is 4.79 Å². The molecule has 9 nitrogen and oxygen atoms in total. The van der Waals surface area contributed by atoms with Crippen LogP contribution in [0.2, 0.25) is 0 Å². The summed E-state index contributed by atoms with van der Waals surface area (Å²) in [6.07, 6.45) is 4.15. The van der Waals surface area contributed by atoms with Crippen LogP contribution in [0.5, 0.6) is 0 Å². The molecule has 0 unspecified atom stereocenters. The number of nitrogens with two attached hydrogens (primary N) is 1. The molecule has 2 fully saturated rings. The van der Waals surface area contributed by atoms with Crippen molar-refractivity contribution in [2.45, 2.75) is 47.6 Å². The van der Waals surface area contributed by atoms with Crippen LogP contribution in [0.1, 0.15) is 25.7 Å². The molecular weight excluding hydrogens is 495 g/mol. The molecule has 2 aliphatic rings. The molecule has 0 saturated carbocycles. The number of benzene rings is 2. The van der Waals surface area contributed by atoms with Gasteiger partial charge in [-0.25, -0.2) is 18.4 Å². The minimum absolute atomic E-state index is 0.0901. The first-order valence-electron chi connectivity index (χ1n) is 12.3. The lowest BCUT2D eigenvalue weighted by atomic mass is 9.97. The van der Waals surface area contributed by atoms with Gasteiger partial charge >= 0.3 is 0 Å². The second kappa shape index (κ2) is 10.3. The number of carbonyl (C=O) groups is 1. The molecule has 1 aromatic heterocycles. The molecule has 0 radical (unpaired) electrons. The highest BCUT2D eigenvalue weighted by Gasteiger charge is 2.36. The quantitative estimate of drug-likeness (QED) is 0.505. The molecule has 2 saturated heterocycles. The Kier molecular flexibility index (Phi) is 6.96. The van der Waals surface area contributed by atoms with Gasteiger partial charge < -0.3 is 20.9 Å². The summed E-state index contributed by atoms with van der Waals surface area (Å²) in [5.41, 5.74) is 6.03. The van der Waals surface area contributed by atoms with Crippen molar-refractivity contribution in [3.8, 4) is 0 Å². The zero-order valence-electron chi connectivity index (χ0n) is 20.3. The first-order valence-corrected chi connectivity index (χ1v) is 13.8. The van der Waals surface area contributed by atoms with Gasteiger partial charge in [0, 0.05) is 25.7 Å². The van der Waals surface area contributed by atoms with Crippen molar-refractivity contribution in [3.63, 3.8) is 0 Å². The Hall–Kier alpha value is -3.73. The van der Waals surface area contributed by atoms with Gasteiger partial charge in [-0.1, -0.05) is 30.3 Å².